The number of aryl methyl sites for hydroxylation is 1. The van der Waals surface area contributed by atoms with Crippen molar-refractivity contribution in [2.45, 2.75) is 26.8 Å². The Morgan fingerprint density at radius 2 is 1.73 bits per heavy atom. The first kappa shape index (κ1) is 25.2. The van der Waals surface area contributed by atoms with Crippen molar-refractivity contribution in [1.29, 1.82) is 0 Å². The van der Waals surface area contributed by atoms with Crippen LogP contribution in [0, 0.1) is 12.7 Å². The van der Waals surface area contributed by atoms with Gasteiger partial charge in [0.2, 0.25) is 0 Å². The second-order valence-corrected chi connectivity index (χ2v) is 8.75. The van der Waals surface area contributed by atoms with Gasteiger partial charge in [0.15, 0.2) is 5.69 Å². The summed E-state index contributed by atoms with van der Waals surface area (Å²) in [4.78, 5) is 38.3. The molecule has 0 aliphatic rings. The largest absolute Gasteiger partial charge is 0.397 e. The van der Waals surface area contributed by atoms with Gasteiger partial charge in [-0.05, 0) is 74.9 Å². The first-order chi connectivity index (χ1) is 17.6. The van der Waals surface area contributed by atoms with Gasteiger partial charge in [-0.3, -0.25) is 14.6 Å². The lowest BCUT2D eigenvalue weighted by atomic mass is 10.0. The molecule has 0 bridgehead atoms. The Kier molecular flexibility index (Phi) is 7.10. The minimum absolute atomic E-state index is 0.0651. The maximum absolute atomic E-state index is 14.7. The highest BCUT2D eigenvalue weighted by atomic mass is 19.1. The minimum atomic E-state index is -0.610. The number of pyridine rings is 3. The molecule has 2 amide bonds. The predicted molar refractivity (Wildman–Crippen MR) is 141 cm³/mol. The smallest absolute Gasteiger partial charge is 0.276 e. The van der Waals surface area contributed by atoms with Crippen molar-refractivity contribution in [1.82, 2.24) is 20.3 Å². The third-order valence-electron chi connectivity index (χ3n) is 5.42. The van der Waals surface area contributed by atoms with Crippen LogP contribution in [0.15, 0.2) is 60.9 Å². The Morgan fingerprint density at radius 1 is 0.946 bits per heavy atom. The van der Waals surface area contributed by atoms with E-state index in [1.54, 1.807) is 18.3 Å². The fraction of sp³-hybridized carbons (Fsp3) is 0.148. The number of nitrogens with zero attached hydrogens (tertiary/aromatic N) is 3. The lowest BCUT2D eigenvalue weighted by Crippen LogP contribution is -2.30. The van der Waals surface area contributed by atoms with Crippen LogP contribution in [0.5, 0.6) is 0 Å². The molecule has 10 heteroatoms. The Morgan fingerprint density at radius 3 is 2.46 bits per heavy atom. The molecular formula is C27H26FN7O2. The number of anilines is 3. The molecule has 9 nitrogen and oxygen atoms in total. The SMILES string of the molecule is Cc1cc(-c2ccncc2NC(=O)c2nc(-c3cc(C(=O)NC(C)C)ccc3F)ccc2N)cc(N)n1. The van der Waals surface area contributed by atoms with Crippen molar-refractivity contribution in [3.8, 4) is 22.4 Å². The second-order valence-electron chi connectivity index (χ2n) is 8.75. The highest BCUT2D eigenvalue weighted by Crippen LogP contribution is 2.30. The number of amides is 2. The number of hydrogen-bond acceptors (Lipinski definition) is 7. The number of nitrogens with one attached hydrogen (secondary N) is 2. The van der Waals surface area contributed by atoms with Crippen LogP contribution < -0.4 is 22.1 Å². The van der Waals surface area contributed by atoms with Crippen LogP contribution in [0.4, 0.5) is 21.6 Å². The van der Waals surface area contributed by atoms with Gasteiger partial charge in [0.05, 0.1) is 23.3 Å². The number of nitrogens with two attached hydrogens (primary N) is 2. The third-order valence-corrected chi connectivity index (χ3v) is 5.42. The van der Waals surface area contributed by atoms with Crippen LogP contribution in [0.3, 0.4) is 0 Å². The topological polar surface area (TPSA) is 149 Å². The molecule has 0 radical (unpaired) electrons. The van der Waals surface area contributed by atoms with Crippen LogP contribution in [-0.4, -0.2) is 32.8 Å². The van der Waals surface area contributed by atoms with E-state index in [4.69, 9.17) is 11.5 Å². The van der Waals surface area contributed by atoms with E-state index in [1.165, 1.54) is 36.5 Å². The van der Waals surface area contributed by atoms with Crippen molar-refractivity contribution in [3.05, 3.63) is 83.7 Å². The maximum atomic E-state index is 14.7. The monoisotopic (exact) mass is 499 g/mol. The lowest BCUT2D eigenvalue weighted by Gasteiger charge is -2.13. The summed E-state index contributed by atoms with van der Waals surface area (Å²) < 4.78 is 14.7. The summed E-state index contributed by atoms with van der Waals surface area (Å²) in [5.74, 6) is -1.21. The van der Waals surface area contributed by atoms with Gasteiger partial charge in [-0.15, -0.1) is 0 Å². The van der Waals surface area contributed by atoms with Crippen LogP contribution in [-0.2, 0) is 0 Å². The summed E-state index contributed by atoms with van der Waals surface area (Å²) in [6, 6.07) is 12.1. The summed E-state index contributed by atoms with van der Waals surface area (Å²) in [6.45, 7) is 5.47. The number of aromatic nitrogens is 3. The molecule has 3 heterocycles. The third kappa shape index (κ3) is 5.69. The Labute approximate surface area is 213 Å². The van der Waals surface area contributed by atoms with E-state index in [9.17, 15) is 14.0 Å². The summed E-state index contributed by atoms with van der Waals surface area (Å²) in [7, 11) is 0. The molecule has 4 aromatic rings. The average Bonchev–Trinajstić information content (AvgIpc) is 2.84. The molecule has 0 atom stereocenters. The number of benzene rings is 1. The number of halogens is 1. The molecule has 0 aliphatic heterocycles. The van der Waals surface area contributed by atoms with Crippen LogP contribution in [0.1, 0.15) is 40.4 Å². The van der Waals surface area contributed by atoms with Crippen molar-refractivity contribution in [2.75, 3.05) is 16.8 Å². The number of nitrogen functional groups attached to an aromatic ring is 2. The predicted octanol–water partition coefficient (Wildman–Crippen LogP) is 4.21. The Balaban J connectivity index is 1.68. The van der Waals surface area contributed by atoms with Gasteiger partial charge < -0.3 is 22.1 Å². The molecule has 37 heavy (non-hydrogen) atoms. The number of hydrogen-bond donors (Lipinski definition) is 4. The van der Waals surface area contributed by atoms with Crippen molar-refractivity contribution in [2.24, 2.45) is 0 Å². The van der Waals surface area contributed by atoms with E-state index in [0.717, 1.165) is 5.56 Å². The van der Waals surface area contributed by atoms with Crippen LogP contribution in [0.25, 0.3) is 22.4 Å². The van der Waals surface area contributed by atoms with E-state index >= 15 is 0 Å². The van der Waals surface area contributed by atoms with Gasteiger partial charge in [0.1, 0.15) is 11.6 Å². The maximum Gasteiger partial charge on any atom is 0.276 e. The first-order valence-corrected chi connectivity index (χ1v) is 11.5. The summed E-state index contributed by atoms with van der Waals surface area (Å²) in [5.41, 5.74) is 15.0. The molecule has 0 saturated heterocycles. The zero-order chi connectivity index (χ0) is 26.7. The van der Waals surface area contributed by atoms with E-state index in [2.05, 4.69) is 25.6 Å². The molecular weight excluding hydrogens is 473 g/mol. The molecule has 1 aromatic carbocycles. The van der Waals surface area contributed by atoms with Gasteiger partial charge >= 0.3 is 0 Å². The van der Waals surface area contributed by atoms with Gasteiger partial charge in [0.25, 0.3) is 11.8 Å². The van der Waals surface area contributed by atoms with Gasteiger partial charge in [-0.1, -0.05) is 0 Å². The summed E-state index contributed by atoms with van der Waals surface area (Å²) in [6.07, 6.45) is 3.09. The van der Waals surface area contributed by atoms with Gasteiger partial charge in [0, 0.05) is 34.6 Å². The average molecular weight is 500 g/mol. The molecule has 0 fully saturated rings. The highest BCUT2D eigenvalue weighted by molar-refractivity contribution is 6.08. The van der Waals surface area contributed by atoms with E-state index in [-0.39, 0.29) is 40.2 Å². The molecule has 3 aromatic heterocycles. The first-order valence-electron chi connectivity index (χ1n) is 11.5. The Hall–Kier alpha value is -4.86. The quantitative estimate of drug-likeness (QED) is 0.310. The van der Waals surface area contributed by atoms with E-state index in [0.29, 0.717) is 22.8 Å². The highest BCUT2D eigenvalue weighted by Gasteiger charge is 2.19. The summed E-state index contributed by atoms with van der Waals surface area (Å²) in [5, 5.41) is 5.55. The number of carbonyl (C=O) groups is 2. The molecule has 0 spiro atoms. The van der Waals surface area contributed by atoms with Gasteiger partial charge in [-0.2, -0.15) is 0 Å². The zero-order valence-corrected chi connectivity index (χ0v) is 20.5. The molecule has 0 saturated carbocycles. The zero-order valence-electron chi connectivity index (χ0n) is 20.5. The molecule has 0 unspecified atom stereocenters. The van der Waals surface area contributed by atoms with E-state index < -0.39 is 11.7 Å². The van der Waals surface area contributed by atoms with E-state index in [1.807, 2.05) is 26.8 Å². The van der Waals surface area contributed by atoms with Crippen LogP contribution >= 0.6 is 0 Å². The second kappa shape index (κ2) is 10.4. The fourth-order valence-corrected chi connectivity index (χ4v) is 3.79. The van der Waals surface area contributed by atoms with Crippen molar-refractivity contribution >= 4 is 29.0 Å². The van der Waals surface area contributed by atoms with Crippen LogP contribution in [0.2, 0.25) is 0 Å². The molecule has 0 aliphatic carbocycles. The minimum Gasteiger partial charge on any atom is -0.397 e. The molecule has 4 rings (SSSR count). The summed E-state index contributed by atoms with van der Waals surface area (Å²) >= 11 is 0. The van der Waals surface area contributed by atoms with Crippen molar-refractivity contribution < 1.29 is 14.0 Å². The molecule has 6 N–H and O–H groups in total. The molecule has 188 valence electrons. The van der Waals surface area contributed by atoms with Crippen molar-refractivity contribution in [3.63, 3.8) is 0 Å². The normalized spacial score (nSPS) is 10.8. The van der Waals surface area contributed by atoms with Gasteiger partial charge in [-0.25, -0.2) is 14.4 Å². The number of rotatable bonds is 6. The Bertz CT molecular complexity index is 1480. The standard InChI is InChI=1S/C27H26FN7O2/c1-14(2)32-26(36)16-4-5-20(28)19(11-16)22-7-6-21(29)25(34-22)27(37)35-23-13-31-9-8-18(23)17-10-15(3)33-24(30)12-17/h4-14H,29H2,1-3H3,(H2,30,33)(H,32,36)(H,35,37). The lowest BCUT2D eigenvalue weighted by molar-refractivity contribution is 0.0942. The number of carbonyl (C=O) groups excluding carboxylic acids is 2. The fourth-order valence-electron chi connectivity index (χ4n) is 3.79.